The number of aryl methyl sites for hydroxylation is 1. The summed E-state index contributed by atoms with van der Waals surface area (Å²) >= 11 is 0. The van der Waals surface area contributed by atoms with Crippen molar-refractivity contribution < 1.29 is 14.3 Å². The minimum atomic E-state index is -0.342. The van der Waals surface area contributed by atoms with Gasteiger partial charge in [0.05, 0.1) is 6.61 Å². The van der Waals surface area contributed by atoms with Crippen molar-refractivity contribution in [3.63, 3.8) is 0 Å². The maximum Gasteiger partial charge on any atom is 0.330 e. The SMILES string of the molecule is CCOCCOC(=O)/C=C/c1ccc(C)cc1. The normalized spacial score (nSPS) is 10.7. The molecule has 0 bridgehead atoms. The molecule has 3 nitrogen and oxygen atoms in total. The average Bonchev–Trinajstić information content (AvgIpc) is 2.34. The highest BCUT2D eigenvalue weighted by molar-refractivity contribution is 5.87. The Morgan fingerprint density at radius 3 is 2.59 bits per heavy atom. The van der Waals surface area contributed by atoms with Crippen molar-refractivity contribution in [2.75, 3.05) is 19.8 Å². The van der Waals surface area contributed by atoms with Gasteiger partial charge >= 0.3 is 5.97 Å². The maximum absolute atomic E-state index is 11.3. The molecule has 0 aliphatic rings. The van der Waals surface area contributed by atoms with Gasteiger partial charge in [-0.3, -0.25) is 0 Å². The molecule has 0 aromatic heterocycles. The van der Waals surface area contributed by atoms with E-state index < -0.39 is 0 Å². The lowest BCUT2D eigenvalue weighted by molar-refractivity contribution is -0.139. The molecule has 0 fully saturated rings. The topological polar surface area (TPSA) is 35.5 Å². The van der Waals surface area contributed by atoms with Gasteiger partial charge in [0.2, 0.25) is 0 Å². The molecule has 0 aliphatic carbocycles. The number of hydrogen-bond donors (Lipinski definition) is 0. The Hall–Kier alpha value is -1.61. The van der Waals surface area contributed by atoms with Crippen LogP contribution in [0.25, 0.3) is 6.08 Å². The summed E-state index contributed by atoms with van der Waals surface area (Å²) in [6.07, 6.45) is 3.17. The Morgan fingerprint density at radius 2 is 1.94 bits per heavy atom. The second-order valence-corrected chi connectivity index (χ2v) is 3.61. The number of ether oxygens (including phenoxy) is 2. The fourth-order valence-electron chi connectivity index (χ4n) is 1.24. The van der Waals surface area contributed by atoms with Crippen LogP contribution in [0.5, 0.6) is 0 Å². The van der Waals surface area contributed by atoms with Crippen LogP contribution in [0.2, 0.25) is 0 Å². The first-order valence-corrected chi connectivity index (χ1v) is 5.71. The maximum atomic E-state index is 11.3. The van der Waals surface area contributed by atoms with E-state index in [1.807, 2.05) is 38.1 Å². The molecule has 1 aromatic rings. The lowest BCUT2D eigenvalue weighted by Crippen LogP contribution is -2.08. The highest BCUT2D eigenvalue weighted by Gasteiger charge is 1.96. The van der Waals surface area contributed by atoms with Gasteiger partial charge in [0.15, 0.2) is 0 Å². The molecule has 17 heavy (non-hydrogen) atoms. The van der Waals surface area contributed by atoms with Gasteiger partial charge in [0.1, 0.15) is 6.61 Å². The zero-order valence-corrected chi connectivity index (χ0v) is 10.3. The molecule has 0 atom stereocenters. The fourth-order valence-corrected chi connectivity index (χ4v) is 1.24. The van der Waals surface area contributed by atoms with Gasteiger partial charge < -0.3 is 9.47 Å². The second kappa shape index (κ2) is 7.63. The summed E-state index contributed by atoms with van der Waals surface area (Å²) in [7, 11) is 0. The third kappa shape index (κ3) is 5.88. The van der Waals surface area contributed by atoms with Gasteiger partial charge in [0.25, 0.3) is 0 Å². The number of esters is 1. The Balaban J connectivity index is 2.32. The summed E-state index contributed by atoms with van der Waals surface area (Å²) in [6.45, 7) is 5.30. The van der Waals surface area contributed by atoms with Gasteiger partial charge in [-0.25, -0.2) is 4.79 Å². The molecule has 0 amide bonds. The Morgan fingerprint density at radius 1 is 1.24 bits per heavy atom. The van der Waals surface area contributed by atoms with Crippen LogP contribution in [0.3, 0.4) is 0 Å². The summed E-state index contributed by atoms with van der Waals surface area (Å²) in [5, 5.41) is 0. The molecular formula is C14H18O3. The van der Waals surface area contributed by atoms with Gasteiger partial charge in [-0.05, 0) is 25.5 Å². The van der Waals surface area contributed by atoms with E-state index in [1.54, 1.807) is 6.08 Å². The van der Waals surface area contributed by atoms with Crippen molar-refractivity contribution >= 4 is 12.0 Å². The molecular weight excluding hydrogens is 216 g/mol. The number of carbonyl (C=O) groups excluding carboxylic acids is 1. The molecule has 0 saturated carbocycles. The first-order chi connectivity index (χ1) is 8.22. The minimum absolute atomic E-state index is 0.297. The van der Waals surface area contributed by atoms with Crippen LogP contribution in [-0.2, 0) is 14.3 Å². The fraction of sp³-hybridized carbons (Fsp3) is 0.357. The van der Waals surface area contributed by atoms with Crippen LogP contribution >= 0.6 is 0 Å². The highest BCUT2D eigenvalue weighted by atomic mass is 16.6. The average molecular weight is 234 g/mol. The number of hydrogen-bond acceptors (Lipinski definition) is 3. The van der Waals surface area contributed by atoms with Gasteiger partial charge in [-0.2, -0.15) is 0 Å². The van der Waals surface area contributed by atoms with E-state index in [0.717, 1.165) is 5.56 Å². The van der Waals surface area contributed by atoms with E-state index in [4.69, 9.17) is 9.47 Å². The predicted octanol–water partition coefficient (Wildman–Crippen LogP) is 2.59. The summed E-state index contributed by atoms with van der Waals surface area (Å²) in [6, 6.07) is 7.92. The molecule has 1 aromatic carbocycles. The van der Waals surface area contributed by atoms with E-state index in [0.29, 0.717) is 19.8 Å². The molecule has 0 unspecified atom stereocenters. The highest BCUT2D eigenvalue weighted by Crippen LogP contribution is 2.04. The lowest BCUT2D eigenvalue weighted by atomic mass is 10.1. The summed E-state index contributed by atoms with van der Waals surface area (Å²) in [5.74, 6) is -0.342. The number of carbonyl (C=O) groups is 1. The van der Waals surface area contributed by atoms with E-state index in [1.165, 1.54) is 11.6 Å². The number of rotatable bonds is 6. The van der Waals surface area contributed by atoms with Crippen molar-refractivity contribution in [3.8, 4) is 0 Å². The van der Waals surface area contributed by atoms with Crippen molar-refractivity contribution in [1.29, 1.82) is 0 Å². The zero-order chi connectivity index (χ0) is 12.5. The largest absolute Gasteiger partial charge is 0.460 e. The quantitative estimate of drug-likeness (QED) is 0.431. The monoisotopic (exact) mass is 234 g/mol. The first kappa shape index (κ1) is 13.5. The zero-order valence-electron chi connectivity index (χ0n) is 10.3. The Bertz CT molecular complexity index is 366. The van der Waals surface area contributed by atoms with Crippen molar-refractivity contribution in [2.24, 2.45) is 0 Å². The molecule has 0 saturated heterocycles. The summed E-state index contributed by atoms with van der Waals surface area (Å²) < 4.78 is 10.00. The lowest BCUT2D eigenvalue weighted by Gasteiger charge is -2.01. The molecule has 0 spiro atoms. The first-order valence-electron chi connectivity index (χ1n) is 5.71. The van der Waals surface area contributed by atoms with Gasteiger partial charge in [-0.1, -0.05) is 29.8 Å². The molecule has 92 valence electrons. The van der Waals surface area contributed by atoms with E-state index in [9.17, 15) is 4.79 Å². The standard InChI is InChI=1S/C14H18O3/c1-3-16-10-11-17-14(15)9-8-13-6-4-12(2)5-7-13/h4-9H,3,10-11H2,1-2H3/b9-8+. The summed E-state index contributed by atoms with van der Waals surface area (Å²) in [5.41, 5.74) is 2.18. The van der Waals surface area contributed by atoms with Crippen LogP contribution in [0.4, 0.5) is 0 Å². The van der Waals surface area contributed by atoms with Crippen LogP contribution in [-0.4, -0.2) is 25.8 Å². The van der Waals surface area contributed by atoms with Crippen molar-refractivity contribution in [2.45, 2.75) is 13.8 Å². The molecule has 0 heterocycles. The third-order valence-corrected chi connectivity index (χ3v) is 2.17. The van der Waals surface area contributed by atoms with Crippen LogP contribution in [0, 0.1) is 6.92 Å². The molecule has 0 N–H and O–H groups in total. The smallest absolute Gasteiger partial charge is 0.330 e. The van der Waals surface area contributed by atoms with Crippen LogP contribution in [0.15, 0.2) is 30.3 Å². The van der Waals surface area contributed by atoms with E-state index in [2.05, 4.69) is 0 Å². The van der Waals surface area contributed by atoms with Crippen LogP contribution in [0.1, 0.15) is 18.1 Å². The predicted molar refractivity (Wildman–Crippen MR) is 67.7 cm³/mol. The minimum Gasteiger partial charge on any atom is -0.460 e. The molecule has 0 radical (unpaired) electrons. The van der Waals surface area contributed by atoms with Gasteiger partial charge in [0, 0.05) is 12.7 Å². The van der Waals surface area contributed by atoms with E-state index in [-0.39, 0.29) is 5.97 Å². The van der Waals surface area contributed by atoms with Gasteiger partial charge in [-0.15, -0.1) is 0 Å². The van der Waals surface area contributed by atoms with Crippen LogP contribution < -0.4 is 0 Å². The molecule has 0 aliphatic heterocycles. The Kier molecular flexibility index (Phi) is 6.04. The van der Waals surface area contributed by atoms with E-state index >= 15 is 0 Å². The summed E-state index contributed by atoms with van der Waals surface area (Å²) in [4.78, 5) is 11.3. The van der Waals surface area contributed by atoms with Crippen molar-refractivity contribution in [1.82, 2.24) is 0 Å². The van der Waals surface area contributed by atoms with Crippen molar-refractivity contribution in [3.05, 3.63) is 41.5 Å². The second-order valence-electron chi connectivity index (χ2n) is 3.61. The molecule has 1 rings (SSSR count). The number of benzene rings is 1. The Labute approximate surface area is 102 Å². The molecule has 3 heteroatoms. The third-order valence-electron chi connectivity index (χ3n) is 2.17.